The van der Waals surface area contributed by atoms with Gasteiger partial charge in [-0.2, -0.15) is 4.31 Å². The summed E-state index contributed by atoms with van der Waals surface area (Å²) in [4.78, 5) is 18.0. The molecule has 0 radical (unpaired) electrons. The fourth-order valence-electron chi connectivity index (χ4n) is 1.81. The predicted molar refractivity (Wildman–Crippen MR) is 181 cm³/mol. The lowest BCUT2D eigenvalue weighted by Gasteiger charge is -2.35. The van der Waals surface area contributed by atoms with Gasteiger partial charge in [0.15, 0.2) is 0 Å². The smallest absolute Gasteiger partial charge is 0.393 e. The van der Waals surface area contributed by atoms with E-state index in [2.05, 4.69) is 66.6 Å². The molecule has 1 fully saturated rings. The molecule has 41 heavy (non-hydrogen) atoms. The van der Waals surface area contributed by atoms with Crippen LogP contribution in [0.15, 0.2) is 35.5 Å². The maximum Gasteiger partial charge on any atom is 0.481 e. The van der Waals surface area contributed by atoms with Crippen molar-refractivity contribution in [2.24, 2.45) is 0 Å². The monoisotopic (exact) mass is 744 g/mol. The number of hydrogen-bond donors (Lipinski definition) is 5. The Kier molecular flexibility index (Phi) is 32.3. The number of aliphatic hydroxyl groups is 3. The fraction of sp³-hybridized carbons (Fsp3) is 0.700. The number of rotatable bonds is 12. The molecule has 1 aliphatic rings. The molecule has 1 aliphatic heterocycles. The molecule has 0 aromatic rings. The van der Waals surface area contributed by atoms with E-state index in [9.17, 15) is 14.2 Å². The van der Waals surface area contributed by atoms with Gasteiger partial charge in [-0.25, -0.2) is 9.13 Å². The van der Waals surface area contributed by atoms with Crippen molar-refractivity contribution < 1.29 is 61.2 Å². The molecule has 10 atom stereocenters. The molecule has 246 valence electrons. The molecule has 0 aromatic carbocycles. The average Bonchev–Trinajstić information content (AvgIpc) is 2.87. The van der Waals surface area contributed by atoms with Crippen LogP contribution >= 0.6 is 67.9 Å². The Balaban J connectivity index is -0.000000499. The molecule has 0 aromatic heterocycles. The van der Waals surface area contributed by atoms with E-state index in [0.717, 1.165) is 32.1 Å². The first-order chi connectivity index (χ1) is 19.0. The summed E-state index contributed by atoms with van der Waals surface area (Å²) in [6, 6.07) is 0. The second-order valence-corrected chi connectivity index (χ2v) is 15.1. The minimum Gasteiger partial charge on any atom is -0.393 e. The van der Waals surface area contributed by atoms with Crippen LogP contribution in [-0.4, -0.2) is 76.5 Å². The standard InChI is InChI=1S/C5H12O9P2.C5H12O2P2.2C5H12OP2/c1-5(3-6)4(7)2-12-15(8,9)14-16(10,11)13-5;1-5(4-6)2-3-7-9-8;2*1-5(2)3-4-6-8-7/h4,6-7H,2-3H2,1H3,(H,8,9)(H,10,11);2,6,9H,3-4,8H2,1H3;3,8H,4,7H2,1-2H3;8H,1,3-4,7H2,2H3/b;5-2+;;/t4-,5+;;;/m1.../s1. The summed E-state index contributed by atoms with van der Waals surface area (Å²) in [6.45, 7) is 13.7. The van der Waals surface area contributed by atoms with Gasteiger partial charge in [-0.1, -0.05) is 50.1 Å². The highest BCUT2D eigenvalue weighted by Crippen LogP contribution is 2.63. The summed E-state index contributed by atoms with van der Waals surface area (Å²) in [5.41, 5.74) is 1.63. The van der Waals surface area contributed by atoms with E-state index in [0.29, 0.717) is 32.1 Å². The Morgan fingerprint density at radius 1 is 1.00 bits per heavy atom. The highest BCUT2D eigenvalue weighted by Gasteiger charge is 2.48. The third-order valence-corrected chi connectivity index (χ3v) is 9.48. The van der Waals surface area contributed by atoms with E-state index >= 15 is 0 Å². The van der Waals surface area contributed by atoms with Gasteiger partial charge in [-0.15, -0.1) is 6.58 Å². The summed E-state index contributed by atoms with van der Waals surface area (Å²) >= 11 is 0. The molecule has 0 aliphatic carbocycles. The van der Waals surface area contributed by atoms with Gasteiger partial charge in [-0.3, -0.25) is 9.05 Å². The number of hydrogen-bond acceptors (Lipinski definition) is 11. The molecule has 0 spiro atoms. The van der Waals surface area contributed by atoms with Crippen molar-refractivity contribution in [2.75, 3.05) is 39.6 Å². The molecule has 13 nitrogen and oxygen atoms in total. The van der Waals surface area contributed by atoms with Crippen LogP contribution in [-0.2, 0) is 36.1 Å². The summed E-state index contributed by atoms with van der Waals surface area (Å²) in [5, 5.41) is 26.9. The first-order valence-corrected chi connectivity index (χ1v) is 22.9. The Morgan fingerprint density at radius 3 is 1.93 bits per heavy atom. The summed E-state index contributed by atoms with van der Waals surface area (Å²) in [7, 11) is -0.600. The van der Waals surface area contributed by atoms with Gasteiger partial charge < -0.3 is 38.7 Å². The minimum absolute atomic E-state index is 0.128. The zero-order valence-corrected chi connectivity index (χ0v) is 32.3. The van der Waals surface area contributed by atoms with Crippen molar-refractivity contribution >= 4 is 67.9 Å². The predicted octanol–water partition coefficient (Wildman–Crippen LogP) is 5.39. The third kappa shape index (κ3) is 31.6. The Hall–Kier alpha value is 1.82. The first-order valence-electron chi connectivity index (χ1n) is 11.7. The van der Waals surface area contributed by atoms with Crippen LogP contribution < -0.4 is 0 Å². The van der Waals surface area contributed by atoms with E-state index in [4.69, 9.17) is 33.6 Å². The van der Waals surface area contributed by atoms with Crippen molar-refractivity contribution in [1.29, 1.82) is 0 Å². The highest BCUT2D eigenvalue weighted by molar-refractivity contribution is 8.00. The van der Waals surface area contributed by atoms with Gasteiger partial charge in [0.1, 0.15) is 11.7 Å². The lowest BCUT2D eigenvalue weighted by atomic mass is 10.0. The summed E-state index contributed by atoms with van der Waals surface area (Å²) in [5.74, 6) is 0. The zero-order chi connectivity index (χ0) is 32.5. The Labute approximate surface area is 256 Å². The zero-order valence-electron chi connectivity index (χ0n) is 24.0. The van der Waals surface area contributed by atoms with Crippen LogP contribution in [0.5, 0.6) is 0 Å². The van der Waals surface area contributed by atoms with Crippen LogP contribution in [0.2, 0.25) is 0 Å². The van der Waals surface area contributed by atoms with Crippen LogP contribution in [0.25, 0.3) is 0 Å². The molecule has 21 heteroatoms. The number of aliphatic hydroxyl groups excluding tert-OH is 3. The number of phosphoric ester groups is 2. The normalized spacial score (nSPS) is 26.9. The molecule has 8 unspecified atom stereocenters. The van der Waals surface area contributed by atoms with E-state index in [1.54, 1.807) is 0 Å². The van der Waals surface area contributed by atoms with Gasteiger partial charge in [0, 0.05) is 25.5 Å². The van der Waals surface area contributed by atoms with Crippen LogP contribution in [0.1, 0.15) is 41.0 Å². The van der Waals surface area contributed by atoms with Crippen molar-refractivity contribution in [3.63, 3.8) is 0 Å². The largest absolute Gasteiger partial charge is 0.481 e. The molecular formula is C20H48O13P8. The van der Waals surface area contributed by atoms with Crippen LogP contribution in [0.3, 0.4) is 0 Å². The Morgan fingerprint density at radius 2 is 1.51 bits per heavy atom. The molecular weight excluding hydrogens is 696 g/mol. The third-order valence-electron chi connectivity index (χ3n) is 4.16. The summed E-state index contributed by atoms with van der Waals surface area (Å²) in [6.07, 6.45) is 3.36. The molecule has 1 saturated heterocycles. The molecule has 0 saturated carbocycles. The fourth-order valence-corrected chi connectivity index (χ4v) is 5.72. The summed E-state index contributed by atoms with van der Waals surface area (Å²) < 4.78 is 49.9. The lowest BCUT2D eigenvalue weighted by molar-refractivity contribution is -0.109. The van der Waals surface area contributed by atoms with Crippen molar-refractivity contribution in [1.82, 2.24) is 0 Å². The number of allylic oxidation sites excluding steroid dienone is 1. The van der Waals surface area contributed by atoms with Gasteiger partial charge >= 0.3 is 15.6 Å². The van der Waals surface area contributed by atoms with Gasteiger partial charge in [0.05, 0.1) is 39.6 Å². The van der Waals surface area contributed by atoms with E-state index < -0.39 is 40.6 Å². The molecule has 0 amide bonds. The number of phosphoric acid groups is 2. The SMILES string of the molecule is C/C(=C\COPP)CO.C=C(C)CCOPP.CC(C)=CCOPP.C[C@@]1(CO)OP(=O)(O)OP(=O)(O)OC[C@H]1O. The van der Waals surface area contributed by atoms with E-state index in [1.165, 1.54) is 11.1 Å². The van der Waals surface area contributed by atoms with Gasteiger partial charge in [-0.05, 0) is 46.6 Å². The minimum atomic E-state index is -4.91. The molecule has 0 bridgehead atoms. The van der Waals surface area contributed by atoms with E-state index in [-0.39, 0.29) is 6.61 Å². The topological polar surface area (TPSA) is 191 Å². The first kappa shape index (κ1) is 47.2. The second-order valence-electron chi connectivity index (χ2n) is 8.41. The molecule has 1 heterocycles. The Bertz CT molecular complexity index is 842. The second kappa shape index (κ2) is 28.1. The van der Waals surface area contributed by atoms with Crippen LogP contribution in [0, 0.1) is 0 Å². The highest BCUT2D eigenvalue weighted by atomic mass is 32.0. The van der Waals surface area contributed by atoms with Gasteiger partial charge in [0.25, 0.3) is 0 Å². The average molecular weight is 744 g/mol. The maximum atomic E-state index is 11.2. The van der Waals surface area contributed by atoms with Crippen molar-refractivity contribution in [3.8, 4) is 0 Å². The molecule has 1 rings (SSSR count). The van der Waals surface area contributed by atoms with Gasteiger partial charge in [0.2, 0.25) is 0 Å². The molecule has 5 N–H and O–H groups in total. The van der Waals surface area contributed by atoms with Crippen molar-refractivity contribution in [2.45, 2.75) is 52.7 Å². The van der Waals surface area contributed by atoms with Crippen molar-refractivity contribution in [3.05, 3.63) is 35.5 Å². The quantitative estimate of drug-likeness (QED) is 0.0972. The lowest BCUT2D eigenvalue weighted by Crippen LogP contribution is -2.47. The van der Waals surface area contributed by atoms with E-state index in [1.807, 2.05) is 19.9 Å². The maximum absolute atomic E-state index is 11.2. The van der Waals surface area contributed by atoms with Crippen LogP contribution in [0.4, 0.5) is 0 Å².